The van der Waals surface area contributed by atoms with Crippen LogP contribution in [0.1, 0.15) is 57.6 Å². The molecule has 1 aromatic rings. The second-order valence-corrected chi connectivity index (χ2v) is 6.37. The molecule has 2 rings (SSSR count). The van der Waals surface area contributed by atoms with Crippen molar-refractivity contribution in [1.82, 2.24) is 14.7 Å². The van der Waals surface area contributed by atoms with E-state index < -0.39 is 0 Å². The molecule has 2 N–H and O–H groups in total. The lowest BCUT2D eigenvalue weighted by Crippen LogP contribution is -2.40. The molecule has 0 bridgehead atoms. The Kier molecular flexibility index (Phi) is 5.61. The van der Waals surface area contributed by atoms with Crippen LogP contribution in [0.3, 0.4) is 0 Å². The highest BCUT2D eigenvalue weighted by Crippen LogP contribution is 2.30. The standard InChI is InChI=1S/C16H30N4/c1-4-9-20-12-14(11-18-20)16(10-17)19(3)15-7-5-13(2)6-8-15/h11-13,15-16H,4-10,17H2,1-3H3. The van der Waals surface area contributed by atoms with Gasteiger partial charge in [0.05, 0.1) is 12.2 Å². The molecule has 114 valence electrons. The number of nitrogens with zero attached hydrogens (tertiary/aromatic N) is 3. The fourth-order valence-electron chi connectivity index (χ4n) is 3.34. The Morgan fingerprint density at radius 3 is 2.70 bits per heavy atom. The third kappa shape index (κ3) is 3.61. The summed E-state index contributed by atoms with van der Waals surface area (Å²) in [5, 5.41) is 4.45. The fourth-order valence-corrected chi connectivity index (χ4v) is 3.34. The molecule has 1 aliphatic carbocycles. The van der Waals surface area contributed by atoms with Crippen LogP contribution in [-0.4, -0.2) is 34.3 Å². The minimum Gasteiger partial charge on any atom is -0.329 e. The van der Waals surface area contributed by atoms with Gasteiger partial charge in [-0.2, -0.15) is 5.10 Å². The van der Waals surface area contributed by atoms with Gasteiger partial charge in [-0.05, 0) is 45.1 Å². The van der Waals surface area contributed by atoms with Crippen LogP contribution in [0.15, 0.2) is 12.4 Å². The van der Waals surface area contributed by atoms with Crippen LogP contribution in [0.5, 0.6) is 0 Å². The first-order valence-corrected chi connectivity index (χ1v) is 8.10. The van der Waals surface area contributed by atoms with Crippen molar-refractivity contribution in [3.8, 4) is 0 Å². The van der Waals surface area contributed by atoms with Gasteiger partial charge in [-0.1, -0.05) is 13.8 Å². The van der Waals surface area contributed by atoms with Gasteiger partial charge in [-0.3, -0.25) is 9.58 Å². The Morgan fingerprint density at radius 1 is 1.40 bits per heavy atom. The molecule has 0 spiro atoms. The van der Waals surface area contributed by atoms with Crippen molar-refractivity contribution in [2.75, 3.05) is 13.6 Å². The molecule has 20 heavy (non-hydrogen) atoms. The molecule has 4 heteroatoms. The van der Waals surface area contributed by atoms with Gasteiger partial charge in [0.15, 0.2) is 0 Å². The Morgan fingerprint density at radius 2 is 2.10 bits per heavy atom. The lowest BCUT2D eigenvalue weighted by molar-refractivity contribution is 0.126. The maximum Gasteiger partial charge on any atom is 0.0538 e. The molecule has 0 aliphatic heterocycles. The first-order valence-electron chi connectivity index (χ1n) is 8.10. The van der Waals surface area contributed by atoms with Crippen LogP contribution in [0.2, 0.25) is 0 Å². The van der Waals surface area contributed by atoms with Crippen molar-refractivity contribution >= 4 is 0 Å². The van der Waals surface area contributed by atoms with Crippen molar-refractivity contribution in [1.29, 1.82) is 0 Å². The second-order valence-electron chi connectivity index (χ2n) is 6.37. The van der Waals surface area contributed by atoms with Gasteiger partial charge in [0, 0.05) is 30.9 Å². The van der Waals surface area contributed by atoms with Crippen molar-refractivity contribution in [3.63, 3.8) is 0 Å². The molecule has 1 aromatic heterocycles. The fraction of sp³-hybridized carbons (Fsp3) is 0.812. The summed E-state index contributed by atoms with van der Waals surface area (Å²) in [7, 11) is 2.23. The maximum absolute atomic E-state index is 6.04. The van der Waals surface area contributed by atoms with E-state index in [2.05, 4.69) is 37.1 Å². The third-order valence-corrected chi connectivity index (χ3v) is 4.77. The average Bonchev–Trinajstić information content (AvgIpc) is 2.89. The van der Waals surface area contributed by atoms with E-state index in [1.807, 2.05) is 10.9 Å². The van der Waals surface area contributed by atoms with Crippen molar-refractivity contribution in [2.45, 2.75) is 64.6 Å². The minimum absolute atomic E-state index is 0.305. The SMILES string of the molecule is CCCn1cc(C(CN)N(C)C2CCC(C)CC2)cn1. The van der Waals surface area contributed by atoms with Gasteiger partial charge in [0.1, 0.15) is 0 Å². The van der Waals surface area contributed by atoms with Crippen molar-refractivity contribution in [3.05, 3.63) is 18.0 Å². The zero-order valence-electron chi connectivity index (χ0n) is 13.3. The van der Waals surface area contributed by atoms with Crippen LogP contribution in [0, 0.1) is 5.92 Å². The Bertz CT molecular complexity index is 393. The van der Waals surface area contributed by atoms with Crippen LogP contribution in [0.25, 0.3) is 0 Å². The molecule has 0 amide bonds. The normalized spacial score (nSPS) is 25.1. The average molecular weight is 278 g/mol. The minimum atomic E-state index is 0.305. The van der Waals surface area contributed by atoms with Crippen LogP contribution in [0.4, 0.5) is 0 Å². The largest absolute Gasteiger partial charge is 0.329 e. The van der Waals surface area contributed by atoms with E-state index in [1.165, 1.54) is 31.2 Å². The molecule has 1 saturated carbocycles. The summed E-state index contributed by atoms with van der Waals surface area (Å²) in [6.45, 7) is 6.20. The highest BCUT2D eigenvalue weighted by Gasteiger charge is 2.27. The molecule has 0 saturated heterocycles. The topological polar surface area (TPSA) is 47.1 Å². The summed E-state index contributed by atoms with van der Waals surface area (Å²) in [5.41, 5.74) is 7.31. The third-order valence-electron chi connectivity index (χ3n) is 4.77. The highest BCUT2D eigenvalue weighted by molar-refractivity contribution is 5.11. The molecule has 0 aromatic carbocycles. The van der Waals surface area contributed by atoms with Gasteiger partial charge in [0.2, 0.25) is 0 Å². The number of nitrogens with two attached hydrogens (primary N) is 1. The number of hydrogen-bond acceptors (Lipinski definition) is 3. The molecular formula is C16H30N4. The predicted molar refractivity (Wildman–Crippen MR) is 83.5 cm³/mol. The number of rotatable bonds is 6. The predicted octanol–water partition coefficient (Wildman–Crippen LogP) is 2.80. The van der Waals surface area contributed by atoms with Crippen molar-refractivity contribution < 1.29 is 0 Å². The summed E-state index contributed by atoms with van der Waals surface area (Å²) in [6.07, 6.45) is 10.6. The van der Waals surface area contributed by atoms with E-state index in [9.17, 15) is 0 Å². The molecule has 1 aliphatic rings. The van der Waals surface area contributed by atoms with Crippen molar-refractivity contribution in [2.24, 2.45) is 11.7 Å². The Hall–Kier alpha value is -0.870. The van der Waals surface area contributed by atoms with E-state index in [4.69, 9.17) is 5.73 Å². The number of aromatic nitrogens is 2. The number of hydrogen-bond donors (Lipinski definition) is 1. The zero-order chi connectivity index (χ0) is 14.5. The van der Waals surface area contributed by atoms with Gasteiger partial charge >= 0.3 is 0 Å². The molecule has 1 heterocycles. The van der Waals surface area contributed by atoms with Gasteiger partial charge in [-0.15, -0.1) is 0 Å². The Balaban J connectivity index is 2.02. The monoisotopic (exact) mass is 278 g/mol. The smallest absolute Gasteiger partial charge is 0.0538 e. The molecule has 1 atom stereocenters. The Labute approximate surface area is 123 Å². The number of aryl methyl sites for hydroxylation is 1. The summed E-state index contributed by atoms with van der Waals surface area (Å²) in [5.74, 6) is 0.892. The van der Waals surface area contributed by atoms with E-state index in [1.54, 1.807) is 0 Å². The first kappa shape index (κ1) is 15.5. The van der Waals surface area contributed by atoms with Crippen LogP contribution < -0.4 is 5.73 Å². The quantitative estimate of drug-likeness (QED) is 0.870. The molecule has 0 radical (unpaired) electrons. The highest BCUT2D eigenvalue weighted by atomic mass is 15.3. The van der Waals surface area contributed by atoms with Gasteiger partial charge < -0.3 is 5.73 Å². The lowest BCUT2D eigenvalue weighted by atomic mass is 9.86. The summed E-state index contributed by atoms with van der Waals surface area (Å²) < 4.78 is 2.04. The summed E-state index contributed by atoms with van der Waals surface area (Å²) in [6, 6.07) is 0.980. The van der Waals surface area contributed by atoms with E-state index in [-0.39, 0.29) is 0 Å². The van der Waals surface area contributed by atoms with Gasteiger partial charge in [-0.25, -0.2) is 0 Å². The summed E-state index contributed by atoms with van der Waals surface area (Å²) in [4.78, 5) is 2.49. The van der Waals surface area contributed by atoms with E-state index in [0.717, 1.165) is 18.9 Å². The van der Waals surface area contributed by atoms with Crippen LogP contribution >= 0.6 is 0 Å². The first-order chi connectivity index (χ1) is 9.65. The lowest BCUT2D eigenvalue weighted by Gasteiger charge is -2.38. The molecule has 1 unspecified atom stereocenters. The molecule has 1 fully saturated rings. The molecule has 4 nitrogen and oxygen atoms in total. The zero-order valence-corrected chi connectivity index (χ0v) is 13.3. The van der Waals surface area contributed by atoms with E-state index >= 15 is 0 Å². The van der Waals surface area contributed by atoms with Crippen LogP contribution in [-0.2, 0) is 6.54 Å². The molecular weight excluding hydrogens is 248 g/mol. The summed E-state index contributed by atoms with van der Waals surface area (Å²) >= 11 is 0. The maximum atomic E-state index is 6.04. The second kappa shape index (κ2) is 7.23. The van der Waals surface area contributed by atoms with Gasteiger partial charge in [0.25, 0.3) is 0 Å². The number of likely N-dealkylation sites (N-methyl/N-ethyl adjacent to an activating group) is 1. The van der Waals surface area contributed by atoms with E-state index in [0.29, 0.717) is 18.6 Å².